The van der Waals surface area contributed by atoms with E-state index in [1.165, 1.54) is 11.3 Å². The first kappa shape index (κ1) is 15.7. The van der Waals surface area contributed by atoms with Crippen molar-refractivity contribution in [3.05, 3.63) is 29.5 Å². The molecular formula is C15H20N2O3S. The Labute approximate surface area is 128 Å². The number of aliphatic hydroxyl groups is 1. The SMILES string of the molecule is CC(C)(C)C(CCO)NC(=O)c1csc(-c2ccco2)n1. The molecule has 0 aliphatic carbocycles. The average molecular weight is 308 g/mol. The number of nitrogens with zero attached hydrogens (tertiary/aromatic N) is 1. The predicted octanol–water partition coefficient (Wildman–Crippen LogP) is 2.93. The quantitative estimate of drug-likeness (QED) is 0.890. The number of hydrogen-bond donors (Lipinski definition) is 2. The molecule has 0 aliphatic rings. The predicted molar refractivity (Wildman–Crippen MR) is 82.2 cm³/mol. The van der Waals surface area contributed by atoms with Crippen molar-refractivity contribution in [3.63, 3.8) is 0 Å². The van der Waals surface area contributed by atoms with Gasteiger partial charge in [-0.2, -0.15) is 0 Å². The Morgan fingerprint density at radius 2 is 2.29 bits per heavy atom. The summed E-state index contributed by atoms with van der Waals surface area (Å²) in [6.45, 7) is 6.13. The van der Waals surface area contributed by atoms with Crippen LogP contribution in [0, 0.1) is 5.41 Å². The van der Waals surface area contributed by atoms with Gasteiger partial charge in [-0.05, 0) is 24.0 Å². The zero-order valence-corrected chi connectivity index (χ0v) is 13.2. The summed E-state index contributed by atoms with van der Waals surface area (Å²) in [7, 11) is 0. The van der Waals surface area contributed by atoms with Crippen molar-refractivity contribution >= 4 is 17.2 Å². The van der Waals surface area contributed by atoms with Gasteiger partial charge in [0.05, 0.1) is 6.26 Å². The van der Waals surface area contributed by atoms with E-state index in [0.717, 1.165) is 0 Å². The lowest BCUT2D eigenvalue weighted by atomic mass is 9.85. The molecule has 114 valence electrons. The molecule has 0 fully saturated rings. The number of rotatable bonds is 5. The summed E-state index contributed by atoms with van der Waals surface area (Å²) in [5, 5.41) is 14.5. The number of nitrogens with one attached hydrogen (secondary N) is 1. The van der Waals surface area contributed by atoms with Crippen molar-refractivity contribution in [3.8, 4) is 10.8 Å². The molecule has 21 heavy (non-hydrogen) atoms. The monoisotopic (exact) mass is 308 g/mol. The van der Waals surface area contributed by atoms with E-state index in [1.54, 1.807) is 17.7 Å². The van der Waals surface area contributed by atoms with Crippen LogP contribution in [0.2, 0.25) is 0 Å². The Bertz CT molecular complexity index is 584. The molecule has 1 unspecified atom stereocenters. The van der Waals surface area contributed by atoms with Gasteiger partial charge in [-0.25, -0.2) is 4.98 Å². The molecule has 2 aromatic rings. The van der Waals surface area contributed by atoms with Crippen molar-refractivity contribution in [2.45, 2.75) is 33.2 Å². The van der Waals surface area contributed by atoms with Crippen molar-refractivity contribution in [1.29, 1.82) is 0 Å². The molecule has 2 aromatic heterocycles. The number of amides is 1. The highest BCUT2D eigenvalue weighted by Crippen LogP contribution is 2.25. The molecule has 0 radical (unpaired) electrons. The third-order valence-corrected chi connectivity index (χ3v) is 4.09. The maximum absolute atomic E-state index is 12.3. The molecule has 0 spiro atoms. The first-order valence-electron chi connectivity index (χ1n) is 6.83. The van der Waals surface area contributed by atoms with Gasteiger partial charge in [0, 0.05) is 18.0 Å². The van der Waals surface area contributed by atoms with Crippen LogP contribution >= 0.6 is 11.3 Å². The highest BCUT2D eigenvalue weighted by atomic mass is 32.1. The maximum atomic E-state index is 12.3. The van der Waals surface area contributed by atoms with Gasteiger partial charge in [0.25, 0.3) is 5.91 Å². The second-order valence-electron chi connectivity index (χ2n) is 5.92. The highest BCUT2D eigenvalue weighted by molar-refractivity contribution is 7.13. The average Bonchev–Trinajstić information content (AvgIpc) is 3.07. The fourth-order valence-electron chi connectivity index (χ4n) is 1.97. The van der Waals surface area contributed by atoms with Crippen molar-refractivity contribution in [1.82, 2.24) is 10.3 Å². The lowest BCUT2D eigenvalue weighted by molar-refractivity contribution is 0.0881. The third-order valence-electron chi connectivity index (χ3n) is 3.24. The number of furan rings is 1. The summed E-state index contributed by atoms with van der Waals surface area (Å²) < 4.78 is 5.27. The lowest BCUT2D eigenvalue weighted by Gasteiger charge is -2.30. The number of carbonyl (C=O) groups excluding carboxylic acids is 1. The number of aromatic nitrogens is 1. The summed E-state index contributed by atoms with van der Waals surface area (Å²) in [5.74, 6) is 0.430. The standard InChI is InChI=1S/C15H20N2O3S/c1-15(2,3)12(6-7-18)17-13(19)10-9-21-14(16-10)11-5-4-8-20-11/h4-5,8-9,12,18H,6-7H2,1-3H3,(H,17,19). The molecule has 0 saturated heterocycles. The topological polar surface area (TPSA) is 75.4 Å². The van der Waals surface area contributed by atoms with Crippen LogP contribution < -0.4 is 5.32 Å². The van der Waals surface area contributed by atoms with Crippen LogP contribution in [0.4, 0.5) is 0 Å². The van der Waals surface area contributed by atoms with E-state index in [-0.39, 0.29) is 24.0 Å². The molecule has 0 aliphatic heterocycles. The Balaban J connectivity index is 2.09. The second-order valence-corrected chi connectivity index (χ2v) is 6.78. The summed E-state index contributed by atoms with van der Waals surface area (Å²) in [6.07, 6.45) is 2.10. The molecule has 5 nitrogen and oxygen atoms in total. The van der Waals surface area contributed by atoms with Crippen LogP contribution in [0.15, 0.2) is 28.2 Å². The molecular weight excluding hydrogens is 288 g/mol. The molecule has 2 heterocycles. The van der Waals surface area contributed by atoms with Crippen LogP contribution in [0.1, 0.15) is 37.7 Å². The Hall–Kier alpha value is -1.66. The minimum absolute atomic E-state index is 0.0386. The van der Waals surface area contributed by atoms with Crippen molar-refractivity contribution < 1.29 is 14.3 Å². The van der Waals surface area contributed by atoms with Gasteiger partial charge in [0.1, 0.15) is 5.69 Å². The van der Waals surface area contributed by atoms with Crippen LogP contribution in [0.25, 0.3) is 10.8 Å². The number of aliphatic hydroxyl groups excluding tert-OH is 1. The molecule has 0 saturated carbocycles. The number of hydrogen-bond acceptors (Lipinski definition) is 5. The van der Waals surface area contributed by atoms with E-state index in [4.69, 9.17) is 9.52 Å². The van der Waals surface area contributed by atoms with Crippen LogP contribution in [-0.2, 0) is 0 Å². The van der Waals surface area contributed by atoms with Gasteiger partial charge in [-0.3, -0.25) is 4.79 Å². The minimum atomic E-state index is -0.225. The van der Waals surface area contributed by atoms with E-state index in [9.17, 15) is 4.79 Å². The Morgan fingerprint density at radius 1 is 1.52 bits per heavy atom. The summed E-state index contributed by atoms with van der Waals surface area (Å²) in [6, 6.07) is 3.49. The smallest absolute Gasteiger partial charge is 0.271 e. The number of carbonyl (C=O) groups is 1. The summed E-state index contributed by atoms with van der Waals surface area (Å²) in [4.78, 5) is 16.6. The van der Waals surface area contributed by atoms with E-state index in [0.29, 0.717) is 22.9 Å². The van der Waals surface area contributed by atoms with E-state index < -0.39 is 0 Å². The van der Waals surface area contributed by atoms with Crippen LogP contribution in [0.3, 0.4) is 0 Å². The normalized spacial score (nSPS) is 13.1. The van der Waals surface area contributed by atoms with Gasteiger partial charge < -0.3 is 14.8 Å². The first-order chi connectivity index (χ1) is 9.91. The zero-order valence-electron chi connectivity index (χ0n) is 12.4. The number of thiazole rings is 1. The zero-order chi connectivity index (χ0) is 15.5. The molecule has 0 aromatic carbocycles. The molecule has 2 N–H and O–H groups in total. The Morgan fingerprint density at radius 3 is 2.86 bits per heavy atom. The fourth-order valence-corrected chi connectivity index (χ4v) is 2.74. The fraction of sp³-hybridized carbons (Fsp3) is 0.467. The molecule has 6 heteroatoms. The Kier molecular flexibility index (Phi) is 4.80. The van der Waals surface area contributed by atoms with Crippen LogP contribution in [-0.4, -0.2) is 28.6 Å². The van der Waals surface area contributed by atoms with Gasteiger partial charge in [0.15, 0.2) is 10.8 Å². The summed E-state index contributed by atoms with van der Waals surface area (Å²) in [5.41, 5.74) is 0.247. The van der Waals surface area contributed by atoms with Crippen molar-refractivity contribution in [2.24, 2.45) is 5.41 Å². The minimum Gasteiger partial charge on any atom is -0.462 e. The molecule has 2 rings (SSSR count). The highest BCUT2D eigenvalue weighted by Gasteiger charge is 2.26. The van der Waals surface area contributed by atoms with E-state index >= 15 is 0 Å². The second kappa shape index (κ2) is 6.41. The van der Waals surface area contributed by atoms with E-state index in [1.807, 2.05) is 26.8 Å². The summed E-state index contributed by atoms with van der Waals surface area (Å²) >= 11 is 1.37. The van der Waals surface area contributed by atoms with Gasteiger partial charge in [0.2, 0.25) is 0 Å². The largest absolute Gasteiger partial charge is 0.462 e. The van der Waals surface area contributed by atoms with Gasteiger partial charge in [-0.1, -0.05) is 20.8 Å². The molecule has 1 amide bonds. The maximum Gasteiger partial charge on any atom is 0.271 e. The molecule has 1 atom stereocenters. The van der Waals surface area contributed by atoms with E-state index in [2.05, 4.69) is 10.3 Å². The van der Waals surface area contributed by atoms with Crippen LogP contribution in [0.5, 0.6) is 0 Å². The van der Waals surface area contributed by atoms with Gasteiger partial charge in [-0.15, -0.1) is 11.3 Å². The van der Waals surface area contributed by atoms with Gasteiger partial charge >= 0.3 is 0 Å². The first-order valence-corrected chi connectivity index (χ1v) is 7.71. The van der Waals surface area contributed by atoms with Crippen molar-refractivity contribution in [2.75, 3.05) is 6.61 Å². The lowest BCUT2D eigenvalue weighted by Crippen LogP contribution is -2.44. The molecule has 0 bridgehead atoms. The third kappa shape index (κ3) is 3.92.